The molecular formula is C16H10N2S. The molecule has 19 heavy (non-hydrogen) atoms. The van der Waals surface area contributed by atoms with Crippen LogP contribution in [0, 0.1) is 11.3 Å². The van der Waals surface area contributed by atoms with E-state index >= 15 is 0 Å². The van der Waals surface area contributed by atoms with Crippen LogP contribution in [0.25, 0.3) is 21.8 Å². The summed E-state index contributed by atoms with van der Waals surface area (Å²) >= 11 is 1.63. The molecule has 3 aromatic rings. The van der Waals surface area contributed by atoms with Gasteiger partial charge < -0.3 is 0 Å². The van der Waals surface area contributed by atoms with Gasteiger partial charge in [-0.05, 0) is 12.1 Å². The van der Waals surface area contributed by atoms with Crippen LogP contribution in [-0.4, -0.2) is 4.98 Å². The van der Waals surface area contributed by atoms with Crippen molar-refractivity contribution in [1.29, 1.82) is 5.26 Å². The van der Waals surface area contributed by atoms with E-state index in [1.165, 1.54) is 0 Å². The lowest BCUT2D eigenvalue weighted by Gasteiger charge is -1.97. The quantitative estimate of drug-likeness (QED) is 0.688. The maximum atomic E-state index is 8.79. The molecule has 0 bridgehead atoms. The van der Waals surface area contributed by atoms with Crippen molar-refractivity contribution in [2.75, 3.05) is 0 Å². The Morgan fingerprint density at radius 2 is 1.63 bits per heavy atom. The minimum absolute atomic E-state index is 0.669. The standard InChI is InChI=1S/C16H10N2S/c17-10-12-6-8-13(9-7-12)15-11-19-16(18-15)14-4-2-1-3-5-14/h1-9,11H. The van der Waals surface area contributed by atoms with Crippen LogP contribution in [0.4, 0.5) is 0 Å². The first-order valence-electron chi connectivity index (χ1n) is 5.88. The summed E-state index contributed by atoms with van der Waals surface area (Å²) in [5.41, 5.74) is 3.79. The number of hydrogen-bond donors (Lipinski definition) is 0. The Labute approximate surface area is 115 Å². The Morgan fingerprint density at radius 3 is 2.32 bits per heavy atom. The van der Waals surface area contributed by atoms with Gasteiger partial charge in [-0.25, -0.2) is 4.98 Å². The molecule has 0 N–H and O–H groups in total. The summed E-state index contributed by atoms with van der Waals surface area (Å²) in [6.07, 6.45) is 0. The fourth-order valence-corrected chi connectivity index (χ4v) is 2.67. The molecule has 2 aromatic carbocycles. The van der Waals surface area contributed by atoms with E-state index in [1.54, 1.807) is 11.3 Å². The van der Waals surface area contributed by atoms with Crippen LogP contribution < -0.4 is 0 Å². The van der Waals surface area contributed by atoms with Crippen molar-refractivity contribution in [3.63, 3.8) is 0 Å². The maximum absolute atomic E-state index is 8.79. The Kier molecular flexibility index (Phi) is 3.09. The summed E-state index contributed by atoms with van der Waals surface area (Å²) in [5.74, 6) is 0. The highest BCUT2D eigenvalue weighted by atomic mass is 32.1. The van der Waals surface area contributed by atoms with Gasteiger partial charge in [0.15, 0.2) is 0 Å². The molecule has 1 aromatic heterocycles. The van der Waals surface area contributed by atoms with Crippen LogP contribution in [0.2, 0.25) is 0 Å². The molecule has 0 aliphatic carbocycles. The van der Waals surface area contributed by atoms with Gasteiger partial charge in [-0.15, -0.1) is 11.3 Å². The predicted octanol–water partition coefficient (Wildman–Crippen LogP) is 4.35. The zero-order chi connectivity index (χ0) is 13.1. The van der Waals surface area contributed by atoms with Crippen molar-refractivity contribution >= 4 is 11.3 Å². The third-order valence-electron chi connectivity index (χ3n) is 2.83. The Bertz CT molecular complexity index is 721. The molecule has 0 aliphatic rings. The molecule has 0 saturated heterocycles. The van der Waals surface area contributed by atoms with Crippen LogP contribution in [0.3, 0.4) is 0 Å². The van der Waals surface area contributed by atoms with E-state index in [2.05, 4.69) is 23.2 Å². The Morgan fingerprint density at radius 1 is 0.895 bits per heavy atom. The molecular weight excluding hydrogens is 252 g/mol. The van der Waals surface area contributed by atoms with E-state index in [1.807, 2.05) is 47.8 Å². The highest BCUT2D eigenvalue weighted by molar-refractivity contribution is 7.13. The SMILES string of the molecule is N#Cc1ccc(-c2csc(-c3ccccc3)n2)cc1. The number of benzene rings is 2. The number of hydrogen-bond acceptors (Lipinski definition) is 3. The first-order valence-corrected chi connectivity index (χ1v) is 6.76. The van der Waals surface area contributed by atoms with Crippen LogP contribution in [-0.2, 0) is 0 Å². The third kappa shape index (κ3) is 2.40. The van der Waals surface area contributed by atoms with Crippen molar-refractivity contribution in [3.8, 4) is 27.9 Å². The molecule has 0 fully saturated rings. The number of nitrogens with zero attached hydrogens (tertiary/aromatic N) is 2. The van der Waals surface area contributed by atoms with Crippen molar-refractivity contribution in [3.05, 3.63) is 65.5 Å². The number of thiazole rings is 1. The van der Waals surface area contributed by atoms with Crippen LogP contribution in [0.1, 0.15) is 5.56 Å². The molecule has 3 heteroatoms. The summed E-state index contributed by atoms with van der Waals surface area (Å²) < 4.78 is 0. The predicted molar refractivity (Wildman–Crippen MR) is 77.7 cm³/mol. The van der Waals surface area contributed by atoms with Gasteiger partial charge >= 0.3 is 0 Å². The molecule has 0 radical (unpaired) electrons. The van der Waals surface area contributed by atoms with Gasteiger partial charge in [0.25, 0.3) is 0 Å². The molecule has 90 valence electrons. The van der Waals surface area contributed by atoms with Crippen LogP contribution >= 0.6 is 11.3 Å². The van der Waals surface area contributed by atoms with Crippen molar-refractivity contribution < 1.29 is 0 Å². The van der Waals surface area contributed by atoms with E-state index in [4.69, 9.17) is 5.26 Å². The van der Waals surface area contributed by atoms with E-state index < -0.39 is 0 Å². The van der Waals surface area contributed by atoms with E-state index in [0.717, 1.165) is 21.8 Å². The van der Waals surface area contributed by atoms with Gasteiger partial charge in [-0.2, -0.15) is 5.26 Å². The molecule has 0 spiro atoms. The molecule has 3 rings (SSSR count). The molecule has 0 unspecified atom stereocenters. The number of rotatable bonds is 2. The van der Waals surface area contributed by atoms with Gasteiger partial charge in [0.1, 0.15) is 5.01 Å². The van der Waals surface area contributed by atoms with E-state index in [-0.39, 0.29) is 0 Å². The normalized spacial score (nSPS) is 10.1. The van der Waals surface area contributed by atoms with Crippen molar-refractivity contribution in [2.24, 2.45) is 0 Å². The van der Waals surface area contributed by atoms with E-state index in [9.17, 15) is 0 Å². The van der Waals surface area contributed by atoms with Gasteiger partial charge in [0.2, 0.25) is 0 Å². The molecule has 0 aliphatic heterocycles. The minimum atomic E-state index is 0.669. The molecule has 0 saturated carbocycles. The second kappa shape index (κ2) is 5.05. The fraction of sp³-hybridized carbons (Fsp3) is 0. The molecule has 2 nitrogen and oxygen atoms in total. The molecule has 0 amide bonds. The van der Waals surface area contributed by atoms with Gasteiger partial charge in [-0.1, -0.05) is 42.5 Å². The lowest BCUT2D eigenvalue weighted by atomic mass is 10.1. The summed E-state index contributed by atoms with van der Waals surface area (Å²) in [7, 11) is 0. The zero-order valence-electron chi connectivity index (χ0n) is 10.1. The average molecular weight is 262 g/mol. The highest BCUT2D eigenvalue weighted by Crippen LogP contribution is 2.28. The number of aromatic nitrogens is 1. The lowest BCUT2D eigenvalue weighted by Crippen LogP contribution is -1.80. The second-order valence-electron chi connectivity index (χ2n) is 4.09. The van der Waals surface area contributed by atoms with Gasteiger partial charge in [0, 0.05) is 16.5 Å². The fourth-order valence-electron chi connectivity index (χ4n) is 1.84. The molecule has 1 heterocycles. The minimum Gasteiger partial charge on any atom is -0.236 e. The summed E-state index contributed by atoms with van der Waals surface area (Å²) in [4.78, 5) is 4.64. The second-order valence-corrected chi connectivity index (χ2v) is 4.95. The van der Waals surface area contributed by atoms with Gasteiger partial charge in [0.05, 0.1) is 17.3 Å². The third-order valence-corrected chi connectivity index (χ3v) is 3.73. The average Bonchev–Trinajstić information content (AvgIpc) is 2.98. The Balaban J connectivity index is 1.95. The lowest BCUT2D eigenvalue weighted by molar-refractivity contribution is 1.40. The topological polar surface area (TPSA) is 36.7 Å². The van der Waals surface area contributed by atoms with Gasteiger partial charge in [-0.3, -0.25) is 0 Å². The zero-order valence-corrected chi connectivity index (χ0v) is 10.9. The van der Waals surface area contributed by atoms with Crippen molar-refractivity contribution in [1.82, 2.24) is 4.98 Å². The monoisotopic (exact) mass is 262 g/mol. The van der Waals surface area contributed by atoms with Crippen LogP contribution in [0.5, 0.6) is 0 Å². The number of nitriles is 1. The smallest absolute Gasteiger partial charge is 0.124 e. The maximum Gasteiger partial charge on any atom is 0.124 e. The highest BCUT2D eigenvalue weighted by Gasteiger charge is 2.06. The first kappa shape index (κ1) is 11.6. The Hall–Kier alpha value is -2.44. The van der Waals surface area contributed by atoms with Crippen LogP contribution in [0.15, 0.2) is 60.0 Å². The van der Waals surface area contributed by atoms with E-state index in [0.29, 0.717) is 5.56 Å². The largest absolute Gasteiger partial charge is 0.236 e. The first-order chi connectivity index (χ1) is 9.36. The van der Waals surface area contributed by atoms with Crippen molar-refractivity contribution in [2.45, 2.75) is 0 Å². The summed E-state index contributed by atoms with van der Waals surface area (Å²) in [5, 5.41) is 11.8. The summed E-state index contributed by atoms with van der Waals surface area (Å²) in [6, 6.07) is 19.8. The molecule has 0 atom stereocenters. The summed E-state index contributed by atoms with van der Waals surface area (Å²) in [6.45, 7) is 0.